The Kier molecular flexibility index (Phi) is 7.04. The number of alkyl halides is 1. The lowest BCUT2D eigenvalue weighted by atomic mass is 10.0. The zero-order chi connectivity index (χ0) is 15.0. The Morgan fingerprint density at radius 3 is 2.55 bits per heavy atom. The Labute approximate surface area is 122 Å². The summed E-state index contributed by atoms with van der Waals surface area (Å²) in [5, 5.41) is 12.7. The van der Waals surface area contributed by atoms with Gasteiger partial charge in [0.2, 0.25) is 5.91 Å². The van der Waals surface area contributed by atoms with E-state index in [1.165, 1.54) is 0 Å². The first-order valence-electron chi connectivity index (χ1n) is 6.35. The molecule has 0 aliphatic carbocycles. The molecule has 0 saturated heterocycles. The quantitative estimate of drug-likeness (QED) is 0.589. The topological polar surface area (TPSA) is 75.6 Å². The van der Waals surface area contributed by atoms with Crippen molar-refractivity contribution in [3.05, 3.63) is 35.9 Å². The molecule has 1 rings (SSSR count). The summed E-state index contributed by atoms with van der Waals surface area (Å²) in [7, 11) is 0. The number of esters is 1. The first-order valence-corrected chi connectivity index (χ1v) is 6.88. The summed E-state index contributed by atoms with van der Waals surface area (Å²) in [6, 6.07) is 7.47. The molecule has 1 aromatic rings. The van der Waals surface area contributed by atoms with Crippen LogP contribution in [0.25, 0.3) is 0 Å². The summed E-state index contributed by atoms with van der Waals surface area (Å²) in [5.41, 5.74) is 0.525. The maximum absolute atomic E-state index is 11.9. The number of nitrogens with one attached hydrogen (secondary N) is 1. The second kappa shape index (κ2) is 8.55. The van der Waals surface area contributed by atoms with Crippen LogP contribution >= 0.6 is 11.6 Å². The van der Waals surface area contributed by atoms with Crippen molar-refractivity contribution < 1.29 is 19.4 Å². The van der Waals surface area contributed by atoms with Gasteiger partial charge < -0.3 is 15.2 Å². The standard InChI is InChI=1S/C14H18ClNO4/c1-2-20-14(19)12(16-11(17)8-9-15)13(18)10-6-4-3-5-7-10/h3-7,12-13,18H,2,8-9H2,1H3,(H,16,17). The number of ether oxygens (including phenoxy) is 1. The minimum atomic E-state index is -1.17. The molecule has 0 fully saturated rings. The first-order chi connectivity index (χ1) is 9.60. The van der Waals surface area contributed by atoms with Gasteiger partial charge in [-0.1, -0.05) is 30.3 Å². The number of carbonyl (C=O) groups is 2. The van der Waals surface area contributed by atoms with E-state index >= 15 is 0 Å². The number of amides is 1. The highest BCUT2D eigenvalue weighted by Gasteiger charge is 2.30. The molecule has 20 heavy (non-hydrogen) atoms. The number of halogens is 1. The molecular formula is C14H18ClNO4. The van der Waals surface area contributed by atoms with Crippen molar-refractivity contribution in [2.24, 2.45) is 0 Å². The van der Waals surface area contributed by atoms with Crippen LogP contribution in [0.4, 0.5) is 0 Å². The molecule has 1 amide bonds. The molecule has 0 saturated carbocycles. The second-order valence-electron chi connectivity index (χ2n) is 4.09. The fraction of sp³-hybridized carbons (Fsp3) is 0.429. The lowest BCUT2D eigenvalue weighted by molar-refractivity contribution is -0.150. The van der Waals surface area contributed by atoms with E-state index in [0.29, 0.717) is 5.56 Å². The number of aliphatic hydroxyl groups is 1. The van der Waals surface area contributed by atoms with Crippen molar-refractivity contribution in [3.8, 4) is 0 Å². The summed E-state index contributed by atoms with van der Waals surface area (Å²) in [6.07, 6.45) is -1.10. The van der Waals surface area contributed by atoms with Crippen LogP contribution in [-0.2, 0) is 14.3 Å². The van der Waals surface area contributed by atoms with Crippen LogP contribution < -0.4 is 5.32 Å². The van der Waals surface area contributed by atoms with E-state index in [-0.39, 0.29) is 18.9 Å². The molecule has 2 atom stereocenters. The third-order valence-electron chi connectivity index (χ3n) is 2.64. The first kappa shape index (κ1) is 16.5. The highest BCUT2D eigenvalue weighted by molar-refractivity contribution is 6.18. The Morgan fingerprint density at radius 2 is 2.00 bits per heavy atom. The highest BCUT2D eigenvalue weighted by atomic mass is 35.5. The van der Waals surface area contributed by atoms with Gasteiger partial charge in [0, 0.05) is 12.3 Å². The average Bonchev–Trinajstić information content (AvgIpc) is 2.45. The van der Waals surface area contributed by atoms with E-state index in [2.05, 4.69) is 5.32 Å². The monoisotopic (exact) mass is 299 g/mol. The largest absolute Gasteiger partial charge is 0.464 e. The third-order valence-corrected chi connectivity index (χ3v) is 2.82. The van der Waals surface area contributed by atoms with Crippen LogP contribution in [0.15, 0.2) is 30.3 Å². The maximum Gasteiger partial charge on any atom is 0.331 e. The Balaban J connectivity index is 2.86. The Morgan fingerprint density at radius 1 is 1.35 bits per heavy atom. The number of hydrogen-bond acceptors (Lipinski definition) is 4. The van der Waals surface area contributed by atoms with Gasteiger partial charge >= 0.3 is 5.97 Å². The van der Waals surface area contributed by atoms with Gasteiger partial charge in [0.25, 0.3) is 0 Å². The SMILES string of the molecule is CCOC(=O)C(NC(=O)CCCl)C(O)c1ccccc1. The molecular weight excluding hydrogens is 282 g/mol. The van der Waals surface area contributed by atoms with Crippen LogP contribution in [0.3, 0.4) is 0 Å². The van der Waals surface area contributed by atoms with Crippen LogP contribution in [-0.4, -0.2) is 35.5 Å². The number of aliphatic hydroxyl groups excluding tert-OH is 1. The maximum atomic E-state index is 11.9. The third kappa shape index (κ3) is 4.83. The van der Waals surface area contributed by atoms with Crippen molar-refractivity contribution in [1.82, 2.24) is 5.32 Å². The summed E-state index contributed by atoms with van der Waals surface area (Å²) in [5.74, 6) is -0.942. The molecule has 0 radical (unpaired) electrons. The number of hydrogen-bond donors (Lipinski definition) is 2. The summed E-state index contributed by atoms with van der Waals surface area (Å²) in [6.45, 7) is 1.83. The number of rotatable bonds is 7. The van der Waals surface area contributed by atoms with Gasteiger partial charge in [0.1, 0.15) is 6.10 Å². The molecule has 0 heterocycles. The van der Waals surface area contributed by atoms with Gasteiger partial charge in [0.05, 0.1) is 6.61 Å². The van der Waals surface area contributed by atoms with Crippen LogP contribution in [0.2, 0.25) is 0 Å². The van der Waals surface area contributed by atoms with Gasteiger partial charge in [0.15, 0.2) is 6.04 Å². The summed E-state index contributed by atoms with van der Waals surface area (Å²) >= 11 is 5.48. The van der Waals surface area contributed by atoms with Gasteiger partial charge in [-0.15, -0.1) is 11.6 Å². The molecule has 5 nitrogen and oxygen atoms in total. The predicted octanol–water partition coefficient (Wildman–Crippen LogP) is 1.40. The molecule has 0 spiro atoms. The second-order valence-corrected chi connectivity index (χ2v) is 4.47. The molecule has 0 aliphatic heterocycles. The van der Waals surface area contributed by atoms with E-state index in [1.807, 2.05) is 0 Å². The Bertz CT molecular complexity index is 438. The molecule has 2 N–H and O–H groups in total. The summed E-state index contributed by atoms with van der Waals surface area (Å²) in [4.78, 5) is 23.5. The predicted molar refractivity (Wildman–Crippen MR) is 75.3 cm³/mol. The van der Waals surface area contributed by atoms with Crippen LogP contribution in [0.1, 0.15) is 25.0 Å². The van der Waals surface area contributed by atoms with E-state index in [9.17, 15) is 14.7 Å². The molecule has 0 aliphatic rings. The normalized spacial score (nSPS) is 13.3. The van der Waals surface area contributed by atoms with Gasteiger partial charge in [-0.2, -0.15) is 0 Å². The Hall–Kier alpha value is -1.59. The van der Waals surface area contributed by atoms with Crippen molar-refractivity contribution in [3.63, 3.8) is 0 Å². The zero-order valence-corrected chi connectivity index (χ0v) is 12.0. The highest BCUT2D eigenvalue weighted by Crippen LogP contribution is 2.17. The number of carbonyl (C=O) groups excluding carboxylic acids is 2. The molecule has 1 aromatic carbocycles. The van der Waals surface area contributed by atoms with Crippen molar-refractivity contribution in [1.29, 1.82) is 0 Å². The van der Waals surface area contributed by atoms with Gasteiger partial charge in [-0.3, -0.25) is 4.79 Å². The molecule has 110 valence electrons. The molecule has 2 unspecified atom stereocenters. The van der Waals surface area contributed by atoms with Gasteiger partial charge in [-0.25, -0.2) is 4.79 Å². The fourth-order valence-corrected chi connectivity index (χ4v) is 1.84. The number of benzene rings is 1. The van der Waals surface area contributed by atoms with Crippen LogP contribution in [0.5, 0.6) is 0 Å². The molecule has 6 heteroatoms. The smallest absolute Gasteiger partial charge is 0.331 e. The fourth-order valence-electron chi connectivity index (χ4n) is 1.67. The minimum absolute atomic E-state index is 0.0684. The molecule has 0 bridgehead atoms. The molecule has 0 aromatic heterocycles. The average molecular weight is 300 g/mol. The van der Waals surface area contributed by atoms with Crippen molar-refractivity contribution in [2.75, 3.05) is 12.5 Å². The van der Waals surface area contributed by atoms with E-state index in [0.717, 1.165) is 0 Å². The van der Waals surface area contributed by atoms with E-state index in [1.54, 1.807) is 37.3 Å². The zero-order valence-electron chi connectivity index (χ0n) is 11.2. The van der Waals surface area contributed by atoms with Crippen LogP contribution in [0, 0.1) is 0 Å². The van der Waals surface area contributed by atoms with E-state index < -0.39 is 24.0 Å². The lowest BCUT2D eigenvalue weighted by Crippen LogP contribution is -2.46. The van der Waals surface area contributed by atoms with E-state index in [4.69, 9.17) is 16.3 Å². The van der Waals surface area contributed by atoms with Crippen molar-refractivity contribution in [2.45, 2.75) is 25.5 Å². The minimum Gasteiger partial charge on any atom is -0.464 e. The van der Waals surface area contributed by atoms with Gasteiger partial charge in [-0.05, 0) is 12.5 Å². The lowest BCUT2D eigenvalue weighted by Gasteiger charge is -2.22. The summed E-state index contributed by atoms with van der Waals surface area (Å²) < 4.78 is 4.88. The van der Waals surface area contributed by atoms with Crippen molar-refractivity contribution >= 4 is 23.5 Å².